The third kappa shape index (κ3) is 4.13. The zero-order valence-corrected chi connectivity index (χ0v) is 21.4. The van der Waals surface area contributed by atoms with Crippen molar-refractivity contribution in [3.8, 4) is 5.75 Å². The van der Waals surface area contributed by atoms with Crippen LogP contribution in [0.2, 0.25) is 0 Å². The maximum Gasteiger partial charge on any atom is 0.216 e. The van der Waals surface area contributed by atoms with Crippen LogP contribution in [0.15, 0.2) is 18.2 Å². The zero-order valence-electron chi connectivity index (χ0n) is 20.5. The van der Waals surface area contributed by atoms with Gasteiger partial charge < -0.3 is 14.9 Å². The SMILES string of the molecule is CN1CCC2(C)c3cc(O)ccc3C[C@@H]1[C@@H]2N(C)CC1CCN(S(=O)(=O)C2CCCC2)CC1. The Morgan fingerprint density at radius 1 is 1.12 bits per heavy atom. The van der Waals surface area contributed by atoms with Crippen LogP contribution in [0.4, 0.5) is 0 Å². The molecule has 7 heteroatoms. The summed E-state index contributed by atoms with van der Waals surface area (Å²) in [7, 11) is 1.41. The highest BCUT2D eigenvalue weighted by molar-refractivity contribution is 7.89. The number of hydrogen-bond acceptors (Lipinski definition) is 5. The van der Waals surface area contributed by atoms with E-state index >= 15 is 0 Å². The van der Waals surface area contributed by atoms with E-state index in [0.29, 0.717) is 36.8 Å². The molecule has 4 aliphatic rings. The van der Waals surface area contributed by atoms with E-state index in [4.69, 9.17) is 0 Å². The second-order valence-corrected chi connectivity index (χ2v) is 13.7. The molecule has 0 aromatic heterocycles. The minimum atomic E-state index is -3.11. The third-order valence-electron chi connectivity index (χ3n) is 9.38. The van der Waals surface area contributed by atoms with Gasteiger partial charge in [-0.15, -0.1) is 0 Å². The van der Waals surface area contributed by atoms with Gasteiger partial charge in [0.1, 0.15) is 5.75 Å². The first-order valence-corrected chi connectivity index (χ1v) is 14.4. The summed E-state index contributed by atoms with van der Waals surface area (Å²) < 4.78 is 27.8. The Balaban J connectivity index is 1.28. The van der Waals surface area contributed by atoms with E-state index < -0.39 is 10.0 Å². The lowest BCUT2D eigenvalue weighted by Gasteiger charge is -2.58. The number of hydrogen-bond donors (Lipinski definition) is 1. The van der Waals surface area contributed by atoms with Gasteiger partial charge in [0.05, 0.1) is 5.25 Å². The first-order valence-electron chi connectivity index (χ1n) is 12.9. The van der Waals surface area contributed by atoms with E-state index in [-0.39, 0.29) is 10.7 Å². The Bertz CT molecular complexity index is 969. The van der Waals surface area contributed by atoms with Crippen LogP contribution in [0.25, 0.3) is 0 Å². The molecular weight excluding hydrogens is 434 g/mol. The van der Waals surface area contributed by atoms with Crippen molar-refractivity contribution in [2.24, 2.45) is 5.92 Å². The maximum atomic E-state index is 13.0. The lowest BCUT2D eigenvalue weighted by molar-refractivity contribution is -0.00616. The molecule has 1 aromatic rings. The van der Waals surface area contributed by atoms with Crippen molar-refractivity contribution in [2.75, 3.05) is 40.3 Å². The largest absolute Gasteiger partial charge is 0.508 e. The van der Waals surface area contributed by atoms with E-state index in [9.17, 15) is 13.5 Å². The summed E-state index contributed by atoms with van der Waals surface area (Å²) in [4.78, 5) is 5.09. The van der Waals surface area contributed by atoms with Crippen LogP contribution in [-0.2, 0) is 21.9 Å². The van der Waals surface area contributed by atoms with Crippen LogP contribution in [0.5, 0.6) is 5.75 Å². The van der Waals surface area contributed by atoms with E-state index in [1.165, 1.54) is 11.1 Å². The number of piperidine rings is 2. The highest BCUT2D eigenvalue weighted by Gasteiger charge is 2.51. The first kappa shape index (κ1) is 23.6. The van der Waals surface area contributed by atoms with Gasteiger partial charge in [-0.2, -0.15) is 0 Å². The Hall–Kier alpha value is -1.15. The van der Waals surface area contributed by atoms with Gasteiger partial charge in [-0.05, 0) is 88.3 Å². The number of phenols is 1. The Morgan fingerprint density at radius 2 is 1.82 bits per heavy atom. The number of fused-ring (bicyclic) bond motifs is 4. The van der Waals surface area contributed by atoms with Crippen molar-refractivity contribution >= 4 is 10.0 Å². The topological polar surface area (TPSA) is 64.1 Å². The summed E-state index contributed by atoms with van der Waals surface area (Å²) in [6.07, 6.45) is 7.82. The smallest absolute Gasteiger partial charge is 0.216 e. The lowest BCUT2D eigenvalue weighted by atomic mass is 9.61. The van der Waals surface area contributed by atoms with Crippen LogP contribution in [0, 0.1) is 5.92 Å². The molecule has 2 heterocycles. The van der Waals surface area contributed by atoms with Crippen LogP contribution in [-0.4, -0.2) is 85.2 Å². The number of benzene rings is 1. The standard InChI is InChI=1S/C26H41N3O3S/c1-26-12-15-27(2)24(16-20-8-9-21(30)17-23(20)26)25(26)28(3)18-19-10-13-29(14-11-19)33(31,32)22-6-4-5-7-22/h8-9,17,19,22,24-25,30H,4-7,10-16,18H2,1-3H3/t24-,25+,26?/m1/s1. The second kappa shape index (κ2) is 8.81. The Kier molecular flexibility index (Phi) is 6.30. The van der Waals surface area contributed by atoms with Gasteiger partial charge in [-0.1, -0.05) is 25.8 Å². The number of phenolic OH excluding ortho intramolecular Hbond substituents is 1. The summed E-state index contributed by atoms with van der Waals surface area (Å²) in [5, 5.41) is 10.1. The lowest BCUT2D eigenvalue weighted by Crippen LogP contribution is -2.66. The van der Waals surface area contributed by atoms with Crippen LogP contribution in [0.1, 0.15) is 63.0 Å². The quantitative estimate of drug-likeness (QED) is 0.709. The highest BCUT2D eigenvalue weighted by atomic mass is 32.2. The molecule has 184 valence electrons. The molecule has 6 nitrogen and oxygen atoms in total. The maximum absolute atomic E-state index is 13.0. The van der Waals surface area contributed by atoms with Gasteiger partial charge in [-0.25, -0.2) is 12.7 Å². The second-order valence-electron chi connectivity index (χ2n) is 11.4. The molecule has 0 amide bonds. The fraction of sp³-hybridized carbons (Fsp3) is 0.769. The van der Waals surface area contributed by atoms with E-state index in [1.807, 2.05) is 12.1 Å². The summed E-state index contributed by atoms with van der Waals surface area (Å²) >= 11 is 0. The number of nitrogens with zero attached hydrogens (tertiary/aromatic N) is 3. The Labute approximate surface area is 200 Å². The van der Waals surface area contributed by atoms with Gasteiger partial charge in [-0.3, -0.25) is 0 Å². The minimum absolute atomic E-state index is 0.0186. The van der Waals surface area contributed by atoms with Crippen molar-refractivity contribution in [1.82, 2.24) is 14.1 Å². The molecule has 3 fully saturated rings. The molecule has 1 N–H and O–H groups in total. The molecule has 33 heavy (non-hydrogen) atoms. The highest BCUT2D eigenvalue weighted by Crippen LogP contribution is 2.47. The van der Waals surface area contributed by atoms with Gasteiger partial charge in [0.15, 0.2) is 0 Å². The summed E-state index contributed by atoms with van der Waals surface area (Å²) in [6.45, 7) is 5.84. The molecule has 1 saturated carbocycles. The van der Waals surface area contributed by atoms with Gasteiger partial charge in [0.2, 0.25) is 10.0 Å². The average Bonchev–Trinajstić information content (AvgIpc) is 3.33. The van der Waals surface area contributed by atoms with E-state index in [2.05, 4.69) is 36.9 Å². The zero-order chi connectivity index (χ0) is 23.4. The normalized spacial score (nSPS) is 32.4. The van der Waals surface area contributed by atoms with Crippen molar-refractivity contribution < 1.29 is 13.5 Å². The fourth-order valence-electron chi connectivity index (χ4n) is 7.49. The number of rotatable bonds is 5. The third-order valence-corrected chi connectivity index (χ3v) is 11.8. The molecule has 5 rings (SSSR count). The van der Waals surface area contributed by atoms with E-state index in [1.54, 1.807) is 4.31 Å². The van der Waals surface area contributed by atoms with Gasteiger partial charge in [0.25, 0.3) is 0 Å². The Morgan fingerprint density at radius 3 is 2.52 bits per heavy atom. The molecule has 2 aliphatic heterocycles. The molecule has 1 aromatic carbocycles. The molecule has 0 spiro atoms. The molecule has 1 unspecified atom stereocenters. The van der Waals surface area contributed by atoms with Crippen molar-refractivity contribution in [2.45, 2.75) is 81.0 Å². The van der Waals surface area contributed by atoms with Crippen molar-refractivity contribution in [3.05, 3.63) is 29.3 Å². The monoisotopic (exact) mass is 475 g/mol. The minimum Gasteiger partial charge on any atom is -0.508 e. The van der Waals surface area contributed by atoms with Crippen molar-refractivity contribution in [3.63, 3.8) is 0 Å². The molecule has 2 bridgehead atoms. The first-order chi connectivity index (χ1) is 15.7. The molecule has 0 radical (unpaired) electrons. The molecule has 2 saturated heterocycles. The van der Waals surface area contributed by atoms with Crippen LogP contribution in [0.3, 0.4) is 0 Å². The number of aromatic hydroxyl groups is 1. The van der Waals surface area contributed by atoms with E-state index in [0.717, 1.165) is 64.5 Å². The average molecular weight is 476 g/mol. The molecule has 2 aliphatic carbocycles. The summed E-state index contributed by atoms with van der Waals surface area (Å²) in [5.41, 5.74) is 2.72. The summed E-state index contributed by atoms with van der Waals surface area (Å²) in [5.74, 6) is 0.898. The van der Waals surface area contributed by atoms with Crippen LogP contribution < -0.4 is 0 Å². The van der Waals surface area contributed by atoms with Crippen molar-refractivity contribution in [1.29, 1.82) is 0 Å². The predicted molar refractivity (Wildman–Crippen MR) is 132 cm³/mol. The van der Waals surface area contributed by atoms with Gasteiger partial charge in [0, 0.05) is 37.1 Å². The number of likely N-dealkylation sites (N-methyl/N-ethyl adjacent to an activating group) is 2. The fourth-order valence-corrected chi connectivity index (χ4v) is 9.56. The molecular formula is C26H41N3O3S. The predicted octanol–water partition coefficient (Wildman–Crippen LogP) is 3.19. The molecule has 3 atom stereocenters. The number of likely N-dealkylation sites (tertiary alicyclic amines) is 1. The number of sulfonamides is 1. The van der Waals surface area contributed by atoms with Crippen LogP contribution >= 0.6 is 0 Å². The summed E-state index contributed by atoms with van der Waals surface area (Å²) in [6, 6.07) is 6.81. The van der Waals surface area contributed by atoms with Gasteiger partial charge >= 0.3 is 0 Å².